The van der Waals surface area contributed by atoms with E-state index in [-0.39, 0.29) is 0 Å². The molecule has 21 heavy (non-hydrogen) atoms. The molecule has 0 saturated carbocycles. The molecule has 0 saturated heterocycles. The Balaban J connectivity index is 1.63. The second-order valence-electron chi connectivity index (χ2n) is 5.14. The van der Waals surface area contributed by atoms with Crippen molar-refractivity contribution in [3.63, 3.8) is 0 Å². The van der Waals surface area contributed by atoms with E-state index in [2.05, 4.69) is 69.1 Å². The standard InChI is InChI=1S/C17H20N4/c1-2-20-8-6-16(13-20)11-19-17-5-3-4-15(10-17)12-21-9-7-18-14-21/h3-10,13-14,19H,2,11-12H2,1H3. The van der Waals surface area contributed by atoms with Gasteiger partial charge in [0.15, 0.2) is 0 Å². The van der Waals surface area contributed by atoms with E-state index in [1.807, 2.05) is 12.5 Å². The van der Waals surface area contributed by atoms with E-state index in [1.165, 1.54) is 11.1 Å². The number of aromatic nitrogens is 3. The van der Waals surface area contributed by atoms with Crippen molar-refractivity contribution < 1.29 is 0 Å². The molecule has 1 aromatic carbocycles. The average molecular weight is 280 g/mol. The van der Waals surface area contributed by atoms with Crippen LogP contribution in [0.5, 0.6) is 0 Å². The van der Waals surface area contributed by atoms with Crippen molar-refractivity contribution in [2.45, 2.75) is 26.6 Å². The minimum atomic E-state index is 0.849. The van der Waals surface area contributed by atoms with Crippen LogP contribution in [0.15, 0.2) is 61.4 Å². The largest absolute Gasteiger partial charge is 0.381 e. The Labute approximate surface area is 125 Å². The zero-order chi connectivity index (χ0) is 14.5. The highest BCUT2D eigenvalue weighted by Crippen LogP contribution is 2.13. The van der Waals surface area contributed by atoms with Crippen molar-refractivity contribution in [2.75, 3.05) is 5.32 Å². The topological polar surface area (TPSA) is 34.8 Å². The van der Waals surface area contributed by atoms with Gasteiger partial charge in [0.05, 0.1) is 6.33 Å². The summed E-state index contributed by atoms with van der Waals surface area (Å²) in [5.41, 5.74) is 3.72. The van der Waals surface area contributed by atoms with Crippen molar-refractivity contribution in [3.05, 3.63) is 72.6 Å². The zero-order valence-electron chi connectivity index (χ0n) is 12.2. The molecular weight excluding hydrogens is 260 g/mol. The van der Waals surface area contributed by atoms with E-state index in [0.717, 1.165) is 25.3 Å². The maximum Gasteiger partial charge on any atom is 0.0949 e. The molecule has 0 aliphatic heterocycles. The van der Waals surface area contributed by atoms with Gasteiger partial charge < -0.3 is 14.5 Å². The Morgan fingerprint density at radius 2 is 2.05 bits per heavy atom. The second kappa shape index (κ2) is 6.31. The Kier molecular flexibility index (Phi) is 4.05. The number of imidazole rings is 1. The predicted molar refractivity (Wildman–Crippen MR) is 85.2 cm³/mol. The maximum atomic E-state index is 4.07. The van der Waals surface area contributed by atoms with Gasteiger partial charge in [0, 0.05) is 50.1 Å². The third-order valence-corrected chi connectivity index (χ3v) is 3.52. The molecule has 2 heterocycles. The number of rotatable bonds is 6. The van der Waals surface area contributed by atoms with Crippen LogP contribution in [0.3, 0.4) is 0 Å². The van der Waals surface area contributed by atoms with Crippen LogP contribution in [-0.4, -0.2) is 14.1 Å². The number of hydrogen-bond acceptors (Lipinski definition) is 2. The van der Waals surface area contributed by atoms with Gasteiger partial charge in [-0.25, -0.2) is 4.98 Å². The van der Waals surface area contributed by atoms with Crippen molar-refractivity contribution in [3.8, 4) is 0 Å². The summed E-state index contributed by atoms with van der Waals surface area (Å²) in [4.78, 5) is 4.07. The van der Waals surface area contributed by atoms with Gasteiger partial charge in [0.1, 0.15) is 0 Å². The first-order chi connectivity index (χ1) is 10.3. The highest BCUT2D eigenvalue weighted by Gasteiger charge is 1.99. The molecule has 0 amide bonds. The molecule has 0 aliphatic carbocycles. The fourth-order valence-corrected chi connectivity index (χ4v) is 2.37. The van der Waals surface area contributed by atoms with Gasteiger partial charge in [-0.2, -0.15) is 0 Å². The summed E-state index contributed by atoms with van der Waals surface area (Å²) < 4.78 is 4.26. The maximum absolute atomic E-state index is 4.07. The van der Waals surface area contributed by atoms with Crippen LogP contribution in [0.4, 0.5) is 5.69 Å². The molecule has 0 radical (unpaired) electrons. The molecule has 3 aromatic rings. The molecule has 4 nitrogen and oxygen atoms in total. The lowest BCUT2D eigenvalue weighted by Gasteiger charge is -2.08. The number of benzene rings is 1. The van der Waals surface area contributed by atoms with Crippen molar-refractivity contribution in [2.24, 2.45) is 0 Å². The van der Waals surface area contributed by atoms with Crippen LogP contribution < -0.4 is 5.32 Å². The smallest absolute Gasteiger partial charge is 0.0949 e. The highest BCUT2D eigenvalue weighted by molar-refractivity contribution is 5.46. The van der Waals surface area contributed by atoms with E-state index < -0.39 is 0 Å². The summed E-state index contributed by atoms with van der Waals surface area (Å²) in [5.74, 6) is 0. The monoisotopic (exact) mass is 280 g/mol. The SMILES string of the molecule is CCn1ccc(CNc2cccc(Cn3ccnc3)c2)c1. The third kappa shape index (κ3) is 3.54. The lowest BCUT2D eigenvalue weighted by molar-refractivity contribution is 0.766. The average Bonchev–Trinajstić information content (AvgIpc) is 3.17. The quantitative estimate of drug-likeness (QED) is 0.751. The summed E-state index contributed by atoms with van der Waals surface area (Å²) in [6, 6.07) is 10.7. The normalized spacial score (nSPS) is 10.7. The summed E-state index contributed by atoms with van der Waals surface area (Å²) in [5, 5.41) is 3.48. The predicted octanol–water partition coefficient (Wildman–Crippen LogP) is 3.36. The minimum Gasteiger partial charge on any atom is -0.381 e. The molecule has 0 bridgehead atoms. The van der Waals surface area contributed by atoms with Crippen LogP contribution in [-0.2, 0) is 19.6 Å². The van der Waals surface area contributed by atoms with Gasteiger partial charge in [-0.3, -0.25) is 0 Å². The molecular formula is C17H20N4. The molecule has 0 spiro atoms. The van der Waals surface area contributed by atoms with Crippen LogP contribution in [0, 0.1) is 0 Å². The fraction of sp³-hybridized carbons (Fsp3) is 0.235. The summed E-state index contributed by atoms with van der Waals surface area (Å²) >= 11 is 0. The van der Waals surface area contributed by atoms with E-state index >= 15 is 0 Å². The molecule has 0 fully saturated rings. The number of aryl methyl sites for hydroxylation is 1. The third-order valence-electron chi connectivity index (χ3n) is 3.52. The van der Waals surface area contributed by atoms with Gasteiger partial charge in [0.25, 0.3) is 0 Å². The van der Waals surface area contributed by atoms with Gasteiger partial charge in [-0.05, 0) is 36.2 Å². The molecule has 108 valence electrons. The van der Waals surface area contributed by atoms with Crippen LogP contribution in [0.1, 0.15) is 18.1 Å². The van der Waals surface area contributed by atoms with Gasteiger partial charge in [-0.1, -0.05) is 12.1 Å². The van der Waals surface area contributed by atoms with Crippen molar-refractivity contribution >= 4 is 5.69 Å². The van der Waals surface area contributed by atoms with Crippen LogP contribution >= 0.6 is 0 Å². The number of nitrogens with one attached hydrogen (secondary N) is 1. The van der Waals surface area contributed by atoms with Gasteiger partial charge in [-0.15, -0.1) is 0 Å². The first-order valence-electron chi connectivity index (χ1n) is 7.26. The number of nitrogens with zero attached hydrogens (tertiary/aromatic N) is 3. The van der Waals surface area contributed by atoms with Gasteiger partial charge in [0.2, 0.25) is 0 Å². The van der Waals surface area contributed by atoms with Crippen LogP contribution in [0.25, 0.3) is 0 Å². The lowest BCUT2D eigenvalue weighted by Crippen LogP contribution is -2.01. The number of hydrogen-bond donors (Lipinski definition) is 1. The molecule has 0 aliphatic rings. The molecule has 4 heteroatoms. The first-order valence-corrected chi connectivity index (χ1v) is 7.26. The molecule has 0 unspecified atom stereocenters. The Morgan fingerprint density at radius 1 is 1.10 bits per heavy atom. The Morgan fingerprint density at radius 3 is 2.81 bits per heavy atom. The molecule has 1 N–H and O–H groups in total. The first kappa shape index (κ1) is 13.5. The molecule has 3 rings (SSSR count). The number of anilines is 1. The summed E-state index contributed by atoms with van der Waals surface area (Å²) in [6.07, 6.45) is 9.93. The van der Waals surface area contributed by atoms with E-state index in [1.54, 1.807) is 6.20 Å². The summed E-state index contributed by atoms with van der Waals surface area (Å²) in [7, 11) is 0. The van der Waals surface area contributed by atoms with Gasteiger partial charge >= 0.3 is 0 Å². The lowest BCUT2D eigenvalue weighted by atomic mass is 10.2. The second-order valence-corrected chi connectivity index (χ2v) is 5.14. The van der Waals surface area contributed by atoms with Crippen molar-refractivity contribution in [1.29, 1.82) is 0 Å². The van der Waals surface area contributed by atoms with E-state index in [0.29, 0.717) is 0 Å². The van der Waals surface area contributed by atoms with E-state index in [9.17, 15) is 0 Å². The molecule has 0 atom stereocenters. The fourth-order valence-electron chi connectivity index (χ4n) is 2.37. The summed E-state index contributed by atoms with van der Waals surface area (Å²) in [6.45, 7) is 4.86. The minimum absolute atomic E-state index is 0.849. The molecule has 2 aromatic heterocycles. The highest BCUT2D eigenvalue weighted by atomic mass is 15.0. The van der Waals surface area contributed by atoms with Crippen molar-refractivity contribution in [1.82, 2.24) is 14.1 Å². The van der Waals surface area contributed by atoms with E-state index in [4.69, 9.17) is 0 Å². The Bertz CT molecular complexity index is 682. The van der Waals surface area contributed by atoms with Crippen LogP contribution in [0.2, 0.25) is 0 Å². The Hall–Kier alpha value is -2.49. The zero-order valence-corrected chi connectivity index (χ0v) is 12.2.